The summed E-state index contributed by atoms with van der Waals surface area (Å²) >= 11 is 1.34. The van der Waals surface area contributed by atoms with Gasteiger partial charge in [-0.15, -0.1) is 0 Å². The number of carbonyl (C=O) groups excluding carboxylic acids is 1. The molecule has 0 N–H and O–H groups in total. The molecule has 1 atom stereocenters. The lowest BCUT2D eigenvalue weighted by atomic mass is 9.95. The van der Waals surface area contributed by atoms with Crippen molar-refractivity contribution in [1.29, 1.82) is 0 Å². The lowest BCUT2D eigenvalue weighted by molar-refractivity contribution is -0.139. The van der Waals surface area contributed by atoms with Crippen molar-refractivity contribution < 1.29 is 9.53 Å². The van der Waals surface area contributed by atoms with Crippen molar-refractivity contribution in [3.63, 3.8) is 0 Å². The summed E-state index contributed by atoms with van der Waals surface area (Å²) in [5, 5.41) is 0. The number of allylic oxidation sites excluding steroid dienone is 1. The summed E-state index contributed by atoms with van der Waals surface area (Å²) in [6, 6.07) is 15.5. The van der Waals surface area contributed by atoms with Gasteiger partial charge in [0.25, 0.3) is 5.56 Å². The second-order valence-electron chi connectivity index (χ2n) is 9.11. The van der Waals surface area contributed by atoms with Gasteiger partial charge in [0.05, 0.1) is 28.5 Å². The van der Waals surface area contributed by atoms with Gasteiger partial charge in [-0.1, -0.05) is 61.6 Å². The molecule has 2 aromatic carbocycles. The van der Waals surface area contributed by atoms with E-state index in [1.165, 1.54) is 16.9 Å². The number of anilines is 1. The van der Waals surface area contributed by atoms with Crippen molar-refractivity contribution in [1.82, 2.24) is 4.57 Å². The summed E-state index contributed by atoms with van der Waals surface area (Å²) < 4.78 is 7.57. The highest BCUT2D eigenvalue weighted by atomic mass is 32.1. The molecule has 0 saturated carbocycles. The van der Waals surface area contributed by atoms with E-state index in [4.69, 9.17) is 4.74 Å². The van der Waals surface area contributed by atoms with Crippen molar-refractivity contribution in [2.24, 2.45) is 4.99 Å². The van der Waals surface area contributed by atoms with Crippen LogP contribution in [0.25, 0.3) is 6.08 Å². The second-order valence-corrected chi connectivity index (χ2v) is 10.1. The third kappa shape index (κ3) is 4.86. The summed E-state index contributed by atoms with van der Waals surface area (Å²) in [5.74, 6) is -0.00786. The number of fused-ring (bicyclic) bond motifs is 1. The molecule has 0 radical (unpaired) electrons. The van der Waals surface area contributed by atoms with Crippen LogP contribution in [-0.2, 0) is 9.53 Å². The Balaban J connectivity index is 1.88. The molecule has 7 heteroatoms. The Hall–Kier alpha value is -3.45. The molecule has 4 rings (SSSR count). The van der Waals surface area contributed by atoms with Gasteiger partial charge in [0.1, 0.15) is 0 Å². The second kappa shape index (κ2) is 10.0. The van der Waals surface area contributed by atoms with Gasteiger partial charge >= 0.3 is 5.97 Å². The maximum Gasteiger partial charge on any atom is 0.338 e. The molecule has 0 saturated heterocycles. The van der Waals surface area contributed by atoms with E-state index >= 15 is 0 Å². The summed E-state index contributed by atoms with van der Waals surface area (Å²) in [5.41, 5.74) is 4.86. The van der Waals surface area contributed by atoms with Crippen LogP contribution in [0.3, 0.4) is 0 Å². The number of hydrogen-bond donors (Lipinski definition) is 0. The molecule has 1 aromatic heterocycles. The summed E-state index contributed by atoms with van der Waals surface area (Å²) in [6.07, 6.45) is 1.89. The number of nitrogens with zero attached hydrogens (tertiary/aromatic N) is 3. The SMILES string of the molecule is CCOC(=O)C1=C(C)N=c2s/c(=C\c3ccc(C(C)C)cc3)c(=O)n2[C@H]1c1ccc(N(C)C)cc1. The fourth-order valence-corrected chi connectivity index (χ4v) is 5.24. The fourth-order valence-electron chi connectivity index (χ4n) is 4.19. The summed E-state index contributed by atoms with van der Waals surface area (Å²) in [4.78, 5) is 33.9. The van der Waals surface area contributed by atoms with Crippen molar-refractivity contribution in [3.8, 4) is 0 Å². The number of thiazole rings is 1. The zero-order chi connectivity index (χ0) is 25.3. The lowest BCUT2D eigenvalue weighted by Gasteiger charge is -2.25. The van der Waals surface area contributed by atoms with Crippen molar-refractivity contribution in [3.05, 3.63) is 96.2 Å². The van der Waals surface area contributed by atoms with Crippen LogP contribution in [0.4, 0.5) is 5.69 Å². The maximum atomic E-state index is 13.7. The van der Waals surface area contributed by atoms with Crippen LogP contribution in [0.5, 0.6) is 0 Å². The number of benzene rings is 2. The summed E-state index contributed by atoms with van der Waals surface area (Å²) in [7, 11) is 3.94. The van der Waals surface area contributed by atoms with E-state index in [9.17, 15) is 9.59 Å². The van der Waals surface area contributed by atoms with Crippen LogP contribution in [0.15, 0.2) is 69.6 Å². The quantitative estimate of drug-likeness (QED) is 0.491. The van der Waals surface area contributed by atoms with Gasteiger partial charge < -0.3 is 9.64 Å². The first-order chi connectivity index (χ1) is 16.7. The Bertz CT molecular complexity index is 1440. The molecule has 35 heavy (non-hydrogen) atoms. The van der Waals surface area contributed by atoms with E-state index in [1.54, 1.807) is 18.4 Å². The highest BCUT2D eigenvalue weighted by molar-refractivity contribution is 7.07. The number of carbonyl (C=O) groups is 1. The molecule has 1 aliphatic rings. The van der Waals surface area contributed by atoms with Crippen LogP contribution in [0.1, 0.15) is 56.3 Å². The van der Waals surface area contributed by atoms with E-state index in [1.807, 2.05) is 61.5 Å². The predicted molar refractivity (Wildman–Crippen MR) is 142 cm³/mol. The van der Waals surface area contributed by atoms with Crippen molar-refractivity contribution >= 4 is 29.1 Å². The molecule has 0 aliphatic carbocycles. The van der Waals surface area contributed by atoms with Crippen molar-refractivity contribution in [2.75, 3.05) is 25.6 Å². The van der Waals surface area contributed by atoms with Crippen LogP contribution < -0.4 is 19.8 Å². The fraction of sp³-hybridized carbons (Fsp3) is 0.321. The van der Waals surface area contributed by atoms with Gasteiger partial charge in [0.15, 0.2) is 4.80 Å². The van der Waals surface area contributed by atoms with Gasteiger partial charge in [-0.25, -0.2) is 9.79 Å². The first kappa shape index (κ1) is 24.7. The van der Waals surface area contributed by atoms with Gasteiger partial charge in [-0.3, -0.25) is 9.36 Å². The van der Waals surface area contributed by atoms with Gasteiger partial charge in [0, 0.05) is 19.8 Å². The number of hydrogen-bond acceptors (Lipinski definition) is 6. The number of aromatic nitrogens is 1. The molecule has 0 unspecified atom stereocenters. The third-order valence-electron chi connectivity index (χ3n) is 6.14. The minimum atomic E-state index is -0.605. The van der Waals surface area contributed by atoms with E-state index in [-0.39, 0.29) is 12.2 Å². The number of esters is 1. The first-order valence-corrected chi connectivity index (χ1v) is 12.6. The highest BCUT2D eigenvalue weighted by Crippen LogP contribution is 2.31. The van der Waals surface area contributed by atoms with Gasteiger partial charge in [-0.2, -0.15) is 0 Å². The molecule has 2 heterocycles. The van der Waals surface area contributed by atoms with E-state index in [0.717, 1.165) is 16.8 Å². The minimum absolute atomic E-state index is 0.169. The Morgan fingerprint density at radius 2 is 1.80 bits per heavy atom. The van der Waals surface area contributed by atoms with E-state index in [2.05, 4.69) is 31.0 Å². The molecule has 182 valence electrons. The zero-order valence-corrected chi connectivity index (χ0v) is 21.8. The Morgan fingerprint density at radius 3 is 2.37 bits per heavy atom. The molecule has 0 spiro atoms. The molecule has 0 bridgehead atoms. The van der Waals surface area contributed by atoms with Gasteiger partial charge in [-0.05, 0) is 54.7 Å². The number of ether oxygens (including phenoxy) is 1. The molecule has 3 aromatic rings. The molecule has 6 nitrogen and oxygen atoms in total. The number of rotatable bonds is 6. The molecular weight excluding hydrogens is 458 g/mol. The van der Waals surface area contributed by atoms with Gasteiger partial charge in [0.2, 0.25) is 0 Å². The topological polar surface area (TPSA) is 63.9 Å². The van der Waals surface area contributed by atoms with Crippen LogP contribution >= 0.6 is 11.3 Å². The molecular formula is C28H31N3O3S. The minimum Gasteiger partial charge on any atom is -0.463 e. The largest absolute Gasteiger partial charge is 0.463 e. The lowest BCUT2D eigenvalue weighted by Crippen LogP contribution is -2.39. The normalized spacial score (nSPS) is 15.7. The summed E-state index contributed by atoms with van der Waals surface area (Å²) in [6.45, 7) is 8.13. The Kier molecular flexibility index (Phi) is 7.08. The average Bonchev–Trinajstić information content (AvgIpc) is 3.13. The molecule has 1 aliphatic heterocycles. The maximum absolute atomic E-state index is 13.7. The Labute approximate surface area is 209 Å². The monoisotopic (exact) mass is 489 g/mol. The smallest absolute Gasteiger partial charge is 0.338 e. The predicted octanol–water partition coefficient (Wildman–Crippen LogP) is 3.99. The van der Waals surface area contributed by atoms with E-state index in [0.29, 0.717) is 26.5 Å². The van der Waals surface area contributed by atoms with Crippen LogP contribution in [0.2, 0.25) is 0 Å². The standard InChI is InChI=1S/C28H31N3O3S/c1-7-34-27(33)24-18(4)29-28-31(25(24)21-12-14-22(15-13-21)30(5)6)26(32)23(35-28)16-19-8-10-20(11-9-19)17(2)3/h8-17,25H,7H2,1-6H3/b23-16-/t25-/m0/s1. The van der Waals surface area contributed by atoms with Crippen LogP contribution in [-0.4, -0.2) is 31.2 Å². The molecule has 0 amide bonds. The first-order valence-electron chi connectivity index (χ1n) is 11.8. The zero-order valence-electron chi connectivity index (χ0n) is 21.0. The van der Waals surface area contributed by atoms with E-state index < -0.39 is 12.0 Å². The average molecular weight is 490 g/mol. The highest BCUT2D eigenvalue weighted by Gasteiger charge is 2.33. The molecule has 0 fully saturated rings. The Morgan fingerprint density at radius 1 is 1.14 bits per heavy atom. The van der Waals surface area contributed by atoms with Crippen LogP contribution in [0, 0.1) is 0 Å². The third-order valence-corrected chi connectivity index (χ3v) is 7.13. The van der Waals surface area contributed by atoms with Crippen molar-refractivity contribution in [2.45, 2.75) is 39.7 Å².